The molecule has 1 aliphatic heterocycles. The third-order valence-corrected chi connectivity index (χ3v) is 3.85. The van der Waals surface area contributed by atoms with E-state index < -0.39 is 15.6 Å². The van der Waals surface area contributed by atoms with Crippen molar-refractivity contribution in [2.24, 2.45) is 0 Å². The molecule has 0 radical (unpaired) electrons. The fourth-order valence-corrected chi connectivity index (χ4v) is 2.80. The second-order valence-electron chi connectivity index (χ2n) is 2.32. The molecule has 1 rings (SSSR count). The van der Waals surface area contributed by atoms with Crippen LogP contribution in [0.1, 0.15) is 12.8 Å². The largest absolute Gasteiger partial charge is 0.457 e. The highest BCUT2D eigenvalue weighted by atomic mass is 28.3. The lowest BCUT2D eigenvalue weighted by atomic mass is 10.3. The summed E-state index contributed by atoms with van der Waals surface area (Å²) in [5.74, 6) is 0. The fourth-order valence-electron chi connectivity index (χ4n) is 1.00. The van der Waals surface area contributed by atoms with Crippen molar-refractivity contribution in [3.8, 4) is 0 Å². The molecule has 0 bridgehead atoms. The summed E-state index contributed by atoms with van der Waals surface area (Å²) in [7, 11) is -1.59. The van der Waals surface area contributed by atoms with Crippen molar-refractivity contribution in [1.29, 1.82) is 0 Å². The summed E-state index contributed by atoms with van der Waals surface area (Å²) in [6, 6.07) is 0.914. The van der Waals surface area contributed by atoms with Gasteiger partial charge in [0.2, 0.25) is 8.91 Å². The van der Waals surface area contributed by atoms with Crippen LogP contribution in [0.2, 0.25) is 6.04 Å². The van der Waals surface area contributed by atoms with Crippen LogP contribution in [0.15, 0.2) is 0 Å². The van der Waals surface area contributed by atoms with Crippen molar-refractivity contribution in [2.75, 3.05) is 6.61 Å². The van der Waals surface area contributed by atoms with Gasteiger partial charge in [0.25, 0.3) is 0 Å². The summed E-state index contributed by atoms with van der Waals surface area (Å²) in [6.45, 7) is -0.417. The smallest absolute Gasteiger partial charge is 0.428 e. The first-order valence-corrected chi connectivity index (χ1v) is 5.24. The second kappa shape index (κ2) is 3.36. The van der Waals surface area contributed by atoms with Crippen LogP contribution in [0.3, 0.4) is 0 Å². The number of hydrogen-bond acceptors (Lipinski definition) is 3. The van der Waals surface area contributed by atoms with E-state index in [0.29, 0.717) is 0 Å². The maximum Gasteiger partial charge on any atom is 0.457 e. The van der Waals surface area contributed by atoms with Gasteiger partial charge in [-0.2, -0.15) is 0 Å². The van der Waals surface area contributed by atoms with E-state index in [2.05, 4.69) is 0 Å². The highest BCUT2D eigenvalue weighted by molar-refractivity contribution is 7.12. The molecular weight excluding hydrogens is 135 g/mol. The SMILES string of the molecule is OB(O)[SiH]1CCCCO1. The zero-order valence-corrected chi connectivity index (χ0v) is 6.44. The normalized spacial score (nSPS) is 28.0. The van der Waals surface area contributed by atoms with Crippen molar-refractivity contribution in [2.45, 2.75) is 18.9 Å². The molecular formula is C4H11BO3Si. The third kappa shape index (κ3) is 2.10. The van der Waals surface area contributed by atoms with Crippen LogP contribution in [0.25, 0.3) is 0 Å². The van der Waals surface area contributed by atoms with Crippen molar-refractivity contribution in [3.63, 3.8) is 0 Å². The van der Waals surface area contributed by atoms with E-state index in [1.54, 1.807) is 0 Å². The lowest BCUT2D eigenvalue weighted by Gasteiger charge is -2.19. The summed E-state index contributed by atoms with van der Waals surface area (Å²) >= 11 is 0. The molecule has 0 aromatic heterocycles. The molecule has 2 N–H and O–H groups in total. The average molecular weight is 146 g/mol. The molecule has 0 spiro atoms. The van der Waals surface area contributed by atoms with E-state index in [9.17, 15) is 0 Å². The van der Waals surface area contributed by atoms with Gasteiger partial charge in [-0.25, -0.2) is 0 Å². The van der Waals surface area contributed by atoms with E-state index in [-0.39, 0.29) is 0 Å². The fraction of sp³-hybridized carbons (Fsp3) is 1.00. The topological polar surface area (TPSA) is 49.7 Å². The molecule has 0 amide bonds. The van der Waals surface area contributed by atoms with Gasteiger partial charge >= 0.3 is 6.71 Å². The highest BCUT2D eigenvalue weighted by Crippen LogP contribution is 2.10. The van der Waals surface area contributed by atoms with Crippen molar-refractivity contribution in [3.05, 3.63) is 0 Å². The van der Waals surface area contributed by atoms with Gasteiger partial charge in [0.05, 0.1) is 0 Å². The molecule has 1 fully saturated rings. The van der Waals surface area contributed by atoms with E-state index in [4.69, 9.17) is 14.5 Å². The van der Waals surface area contributed by atoms with Gasteiger partial charge in [-0.3, -0.25) is 0 Å². The standard InChI is InChI=1S/C4H11BO3Si/c6-5(7)9-4-2-1-3-8-9/h6-7,9H,1-4H2. The number of hydrogen-bond donors (Lipinski definition) is 2. The summed E-state index contributed by atoms with van der Waals surface area (Å²) in [4.78, 5) is 0. The predicted molar refractivity (Wildman–Crippen MR) is 37.3 cm³/mol. The van der Waals surface area contributed by atoms with Gasteiger partial charge in [0, 0.05) is 6.61 Å². The van der Waals surface area contributed by atoms with Crippen molar-refractivity contribution >= 4 is 15.6 Å². The molecule has 5 heteroatoms. The Kier molecular flexibility index (Phi) is 2.71. The van der Waals surface area contributed by atoms with Gasteiger partial charge < -0.3 is 14.5 Å². The van der Waals surface area contributed by atoms with E-state index in [1.165, 1.54) is 0 Å². The molecule has 52 valence electrons. The van der Waals surface area contributed by atoms with Gasteiger partial charge in [0.1, 0.15) is 0 Å². The molecule has 3 nitrogen and oxygen atoms in total. The average Bonchev–Trinajstić information content (AvgIpc) is 1.90. The minimum atomic E-state index is -1.59. The lowest BCUT2D eigenvalue weighted by molar-refractivity contribution is 0.285. The zero-order valence-electron chi connectivity index (χ0n) is 5.29. The van der Waals surface area contributed by atoms with Crippen LogP contribution in [-0.2, 0) is 4.43 Å². The van der Waals surface area contributed by atoms with Gasteiger partial charge in [-0.15, -0.1) is 0 Å². The van der Waals surface area contributed by atoms with Gasteiger partial charge in [0.15, 0.2) is 0 Å². The van der Waals surface area contributed by atoms with Crippen LogP contribution in [0.4, 0.5) is 0 Å². The Balaban J connectivity index is 2.23. The first-order valence-electron chi connectivity index (χ1n) is 3.28. The molecule has 1 saturated heterocycles. The van der Waals surface area contributed by atoms with Crippen molar-refractivity contribution < 1.29 is 14.5 Å². The minimum Gasteiger partial charge on any atom is -0.428 e. The molecule has 1 atom stereocenters. The Bertz CT molecular complexity index is 83.9. The van der Waals surface area contributed by atoms with E-state index in [1.807, 2.05) is 0 Å². The zero-order chi connectivity index (χ0) is 6.69. The quantitative estimate of drug-likeness (QED) is 0.470. The Morgan fingerprint density at radius 1 is 1.33 bits per heavy atom. The summed E-state index contributed by atoms with van der Waals surface area (Å²) in [5.41, 5.74) is 0. The van der Waals surface area contributed by atoms with Crippen LogP contribution in [-0.4, -0.2) is 32.3 Å². The molecule has 0 aromatic carbocycles. The van der Waals surface area contributed by atoms with Gasteiger partial charge in [-0.1, -0.05) is 6.42 Å². The Labute approximate surface area is 56.5 Å². The summed E-state index contributed by atoms with van der Waals surface area (Å²) in [6.07, 6.45) is 2.19. The molecule has 1 heterocycles. The molecule has 1 unspecified atom stereocenters. The first-order chi connectivity index (χ1) is 4.30. The van der Waals surface area contributed by atoms with Gasteiger partial charge in [-0.05, 0) is 12.5 Å². The molecule has 9 heavy (non-hydrogen) atoms. The second-order valence-corrected chi connectivity index (χ2v) is 4.90. The van der Waals surface area contributed by atoms with Crippen LogP contribution < -0.4 is 0 Å². The molecule has 0 aromatic rings. The monoisotopic (exact) mass is 146 g/mol. The van der Waals surface area contributed by atoms with Crippen LogP contribution in [0, 0.1) is 0 Å². The Morgan fingerprint density at radius 3 is 2.44 bits per heavy atom. The minimum absolute atomic E-state index is 0.731. The summed E-state index contributed by atoms with van der Waals surface area (Å²) in [5, 5.41) is 17.3. The maximum absolute atomic E-state index is 8.67. The lowest BCUT2D eigenvalue weighted by Crippen LogP contribution is -2.40. The Morgan fingerprint density at radius 2 is 2.11 bits per heavy atom. The van der Waals surface area contributed by atoms with Crippen LogP contribution >= 0.6 is 0 Å². The third-order valence-electron chi connectivity index (χ3n) is 1.55. The highest BCUT2D eigenvalue weighted by Gasteiger charge is 2.28. The summed E-state index contributed by atoms with van der Waals surface area (Å²) < 4.78 is 5.18. The maximum atomic E-state index is 8.67. The molecule has 0 saturated carbocycles. The van der Waals surface area contributed by atoms with Crippen LogP contribution in [0.5, 0.6) is 0 Å². The van der Waals surface area contributed by atoms with E-state index in [0.717, 1.165) is 25.5 Å². The van der Waals surface area contributed by atoms with E-state index >= 15 is 0 Å². The molecule has 0 aliphatic carbocycles. The first kappa shape index (κ1) is 7.27. The molecule has 1 aliphatic rings. The van der Waals surface area contributed by atoms with Crippen molar-refractivity contribution in [1.82, 2.24) is 0 Å². The number of rotatable bonds is 1. The Hall–Kier alpha value is 0.162. The predicted octanol–water partition coefficient (Wildman–Crippen LogP) is -0.928.